The van der Waals surface area contributed by atoms with Crippen molar-refractivity contribution in [1.82, 2.24) is 20.2 Å². The molecular weight excluding hydrogens is 454 g/mol. The van der Waals surface area contributed by atoms with Crippen LogP contribution in [0.5, 0.6) is 5.75 Å². The maximum Gasteiger partial charge on any atom is 0.250 e. The van der Waals surface area contributed by atoms with Crippen LogP contribution in [-0.2, 0) is 11.3 Å². The standard InChI is InChI=1S/C20H20BrN5O2S/c1-3-26-19(15-7-5-4-6-8-15)24-25-20(26)29-13-18(27)23-22-12-14-9-10-17(28-2)16(21)11-14/h4-12H,3,13H2,1-2H3,(H,23,27). The monoisotopic (exact) mass is 473 g/mol. The van der Waals surface area contributed by atoms with E-state index in [0.29, 0.717) is 11.7 Å². The van der Waals surface area contributed by atoms with E-state index in [9.17, 15) is 4.79 Å². The first-order valence-corrected chi connectivity index (χ1v) is 10.7. The average Bonchev–Trinajstić information content (AvgIpc) is 3.16. The summed E-state index contributed by atoms with van der Waals surface area (Å²) < 4.78 is 8.00. The summed E-state index contributed by atoms with van der Waals surface area (Å²) in [5.74, 6) is 1.50. The highest BCUT2D eigenvalue weighted by Crippen LogP contribution is 2.25. The number of aromatic nitrogens is 3. The molecule has 9 heteroatoms. The molecule has 29 heavy (non-hydrogen) atoms. The Kier molecular flexibility index (Phi) is 7.42. The molecule has 0 aliphatic carbocycles. The molecule has 0 radical (unpaired) electrons. The van der Waals surface area contributed by atoms with Crippen molar-refractivity contribution >= 4 is 39.8 Å². The van der Waals surface area contributed by atoms with Crippen LogP contribution in [0.4, 0.5) is 0 Å². The third-order valence-electron chi connectivity index (χ3n) is 3.98. The molecule has 0 bridgehead atoms. The number of hydrazone groups is 1. The van der Waals surface area contributed by atoms with Crippen LogP contribution in [0.1, 0.15) is 12.5 Å². The minimum Gasteiger partial charge on any atom is -0.496 e. The van der Waals surface area contributed by atoms with Crippen molar-refractivity contribution in [1.29, 1.82) is 0 Å². The molecule has 0 unspecified atom stereocenters. The number of nitrogens with one attached hydrogen (secondary N) is 1. The van der Waals surface area contributed by atoms with Crippen molar-refractivity contribution in [3.05, 3.63) is 58.6 Å². The van der Waals surface area contributed by atoms with Gasteiger partial charge in [-0.3, -0.25) is 4.79 Å². The summed E-state index contributed by atoms with van der Waals surface area (Å²) in [5, 5.41) is 13.2. The lowest BCUT2D eigenvalue weighted by atomic mass is 10.2. The van der Waals surface area contributed by atoms with Crippen LogP contribution in [-0.4, -0.2) is 39.7 Å². The van der Waals surface area contributed by atoms with E-state index in [2.05, 4.69) is 36.7 Å². The molecule has 1 aromatic heterocycles. The van der Waals surface area contributed by atoms with Gasteiger partial charge >= 0.3 is 0 Å². The zero-order chi connectivity index (χ0) is 20.6. The molecular formula is C20H20BrN5O2S. The molecule has 3 rings (SSSR count). The number of carbonyl (C=O) groups is 1. The molecule has 1 N–H and O–H groups in total. The van der Waals surface area contributed by atoms with Crippen molar-refractivity contribution in [2.24, 2.45) is 5.10 Å². The number of ether oxygens (including phenoxy) is 1. The summed E-state index contributed by atoms with van der Waals surface area (Å²) in [7, 11) is 1.61. The number of thioether (sulfide) groups is 1. The third-order valence-corrected chi connectivity index (χ3v) is 5.56. The number of halogens is 1. The lowest BCUT2D eigenvalue weighted by Gasteiger charge is -2.07. The Balaban J connectivity index is 1.57. The van der Waals surface area contributed by atoms with E-state index in [1.54, 1.807) is 13.3 Å². The van der Waals surface area contributed by atoms with Crippen LogP contribution in [0.2, 0.25) is 0 Å². The molecule has 0 fully saturated rings. The summed E-state index contributed by atoms with van der Waals surface area (Å²) in [4.78, 5) is 12.1. The van der Waals surface area contributed by atoms with Gasteiger partial charge in [0.15, 0.2) is 11.0 Å². The van der Waals surface area contributed by atoms with E-state index in [-0.39, 0.29) is 11.7 Å². The number of rotatable bonds is 8. The predicted molar refractivity (Wildman–Crippen MR) is 118 cm³/mol. The van der Waals surface area contributed by atoms with Crippen LogP contribution in [0.25, 0.3) is 11.4 Å². The van der Waals surface area contributed by atoms with E-state index < -0.39 is 0 Å². The normalized spacial score (nSPS) is 11.0. The third kappa shape index (κ3) is 5.45. The molecule has 1 heterocycles. The van der Waals surface area contributed by atoms with Crippen molar-refractivity contribution in [3.8, 4) is 17.1 Å². The first kappa shape index (κ1) is 21.1. The smallest absolute Gasteiger partial charge is 0.250 e. The van der Waals surface area contributed by atoms with Gasteiger partial charge in [0.25, 0.3) is 5.91 Å². The Morgan fingerprint density at radius 2 is 2.07 bits per heavy atom. The Morgan fingerprint density at radius 3 is 2.76 bits per heavy atom. The Bertz CT molecular complexity index is 1010. The number of nitrogens with zero attached hydrogens (tertiary/aromatic N) is 4. The molecule has 0 spiro atoms. The molecule has 3 aromatic rings. The van der Waals surface area contributed by atoms with Crippen LogP contribution >= 0.6 is 27.7 Å². The maximum absolute atomic E-state index is 12.1. The fourth-order valence-corrected chi connectivity index (χ4v) is 3.94. The second kappa shape index (κ2) is 10.2. The molecule has 0 saturated carbocycles. The van der Waals surface area contributed by atoms with Crippen molar-refractivity contribution in [3.63, 3.8) is 0 Å². The van der Waals surface area contributed by atoms with E-state index >= 15 is 0 Å². The first-order valence-electron chi connectivity index (χ1n) is 8.89. The number of hydrogen-bond acceptors (Lipinski definition) is 6. The Morgan fingerprint density at radius 1 is 1.28 bits per heavy atom. The van der Waals surface area contributed by atoms with Crippen LogP contribution in [0.15, 0.2) is 63.3 Å². The Labute approximate surface area is 181 Å². The number of amides is 1. The van der Waals surface area contributed by atoms with Crippen molar-refractivity contribution < 1.29 is 9.53 Å². The van der Waals surface area contributed by atoms with Crippen molar-refractivity contribution in [2.75, 3.05) is 12.9 Å². The molecule has 2 aromatic carbocycles. The topological polar surface area (TPSA) is 81.4 Å². The summed E-state index contributed by atoms with van der Waals surface area (Å²) >= 11 is 4.75. The van der Waals surface area contributed by atoms with Gasteiger partial charge in [0, 0.05) is 12.1 Å². The summed E-state index contributed by atoms with van der Waals surface area (Å²) in [6, 6.07) is 15.4. The van der Waals surface area contributed by atoms with Crippen molar-refractivity contribution in [2.45, 2.75) is 18.6 Å². The fourth-order valence-electron chi connectivity index (χ4n) is 2.59. The van der Waals surface area contributed by atoms with E-state index in [1.807, 2.05) is 60.0 Å². The quantitative estimate of drug-likeness (QED) is 0.304. The van der Waals surface area contributed by atoms with Gasteiger partial charge < -0.3 is 9.30 Å². The number of carbonyl (C=O) groups excluding carboxylic acids is 1. The van der Waals surface area contributed by atoms with Gasteiger partial charge in [-0.15, -0.1) is 10.2 Å². The summed E-state index contributed by atoms with van der Waals surface area (Å²) in [6.45, 7) is 2.74. The largest absolute Gasteiger partial charge is 0.496 e. The highest BCUT2D eigenvalue weighted by molar-refractivity contribution is 9.10. The molecule has 0 aliphatic heterocycles. The molecule has 150 valence electrons. The predicted octanol–water partition coefficient (Wildman–Crippen LogP) is 3.98. The molecule has 1 amide bonds. The number of benzene rings is 2. The minimum atomic E-state index is -0.217. The molecule has 0 saturated heterocycles. The SMILES string of the molecule is CCn1c(SCC(=O)NN=Cc2ccc(OC)c(Br)c2)nnc1-c1ccccc1. The Hall–Kier alpha value is -2.65. The lowest BCUT2D eigenvalue weighted by molar-refractivity contribution is -0.118. The fraction of sp³-hybridized carbons (Fsp3) is 0.200. The second-order valence-corrected chi connectivity index (χ2v) is 7.69. The molecule has 0 atom stereocenters. The lowest BCUT2D eigenvalue weighted by Crippen LogP contribution is -2.20. The van der Waals surface area contributed by atoms with Crippen LogP contribution in [0.3, 0.4) is 0 Å². The first-order chi connectivity index (χ1) is 14.1. The molecule has 0 aliphatic rings. The van der Waals surface area contributed by atoms with Gasteiger partial charge in [-0.25, -0.2) is 5.43 Å². The van der Waals surface area contributed by atoms with Gasteiger partial charge in [-0.05, 0) is 46.6 Å². The second-order valence-electron chi connectivity index (χ2n) is 5.89. The van der Waals surface area contributed by atoms with Gasteiger partial charge in [-0.1, -0.05) is 42.1 Å². The van der Waals surface area contributed by atoms with Gasteiger partial charge in [-0.2, -0.15) is 5.10 Å². The van der Waals surface area contributed by atoms with Crippen LogP contribution in [0, 0.1) is 0 Å². The van der Waals surface area contributed by atoms with Gasteiger partial charge in [0.1, 0.15) is 5.75 Å². The highest BCUT2D eigenvalue weighted by atomic mass is 79.9. The van der Waals surface area contributed by atoms with Gasteiger partial charge in [0.2, 0.25) is 0 Å². The zero-order valence-electron chi connectivity index (χ0n) is 16.0. The number of hydrogen-bond donors (Lipinski definition) is 1. The van der Waals surface area contributed by atoms with E-state index in [0.717, 1.165) is 27.2 Å². The van der Waals surface area contributed by atoms with E-state index in [4.69, 9.17) is 4.74 Å². The maximum atomic E-state index is 12.1. The van der Waals surface area contributed by atoms with E-state index in [1.165, 1.54) is 11.8 Å². The summed E-state index contributed by atoms with van der Waals surface area (Å²) in [5.41, 5.74) is 4.36. The summed E-state index contributed by atoms with van der Waals surface area (Å²) in [6.07, 6.45) is 1.58. The van der Waals surface area contributed by atoms with Crippen LogP contribution < -0.4 is 10.2 Å². The highest BCUT2D eigenvalue weighted by Gasteiger charge is 2.14. The van der Waals surface area contributed by atoms with Gasteiger partial charge in [0.05, 0.1) is 23.5 Å². The minimum absolute atomic E-state index is 0.191. The number of methoxy groups -OCH3 is 1. The zero-order valence-corrected chi connectivity index (χ0v) is 18.4. The average molecular weight is 474 g/mol. The molecule has 7 nitrogen and oxygen atoms in total.